The lowest BCUT2D eigenvalue weighted by molar-refractivity contribution is 0.582. The fourth-order valence-electron chi connectivity index (χ4n) is 1.78. The Bertz CT molecular complexity index is 635. The molecule has 0 radical (unpaired) electrons. The molecule has 0 aliphatic carbocycles. The lowest BCUT2D eigenvalue weighted by atomic mass is 10.1. The molecule has 0 aliphatic heterocycles. The van der Waals surface area contributed by atoms with E-state index in [1.807, 2.05) is 30.3 Å². The Hall–Kier alpha value is -1.10. The average Bonchev–Trinajstić information content (AvgIpc) is 2.38. The molecule has 2 aromatic rings. The van der Waals surface area contributed by atoms with Crippen molar-refractivity contribution in [1.82, 2.24) is 4.72 Å². The average molecular weight is 284 g/mol. The molecular formula is C13H14ClNO2S. The maximum atomic E-state index is 12.2. The van der Waals surface area contributed by atoms with E-state index in [0.717, 1.165) is 10.8 Å². The molecule has 2 aromatic carbocycles. The van der Waals surface area contributed by atoms with Gasteiger partial charge >= 0.3 is 0 Å². The number of fused-ring (bicyclic) bond motifs is 1. The van der Waals surface area contributed by atoms with Gasteiger partial charge in [0.2, 0.25) is 10.0 Å². The van der Waals surface area contributed by atoms with Crippen LogP contribution in [0.1, 0.15) is 6.42 Å². The zero-order valence-corrected chi connectivity index (χ0v) is 11.3. The van der Waals surface area contributed by atoms with Gasteiger partial charge in [-0.2, -0.15) is 0 Å². The van der Waals surface area contributed by atoms with Crippen molar-refractivity contribution in [2.45, 2.75) is 11.3 Å². The van der Waals surface area contributed by atoms with Crippen LogP contribution in [0.5, 0.6) is 0 Å². The number of sulfonamides is 1. The molecule has 5 heteroatoms. The monoisotopic (exact) mass is 283 g/mol. The Kier molecular flexibility index (Phi) is 4.22. The van der Waals surface area contributed by atoms with E-state index in [1.54, 1.807) is 12.1 Å². The van der Waals surface area contributed by atoms with Gasteiger partial charge in [-0.3, -0.25) is 0 Å². The largest absolute Gasteiger partial charge is 0.241 e. The van der Waals surface area contributed by atoms with E-state index >= 15 is 0 Å². The van der Waals surface area contributed by atoms with E-state index in [-0.39, 0.29) is 0 Å². The van der Waals surface area contributed by atoms with Crippen LogP contribution in [-0.2, 0) is 10.0 Å². The van der Waals surface area contributed by atoms with Crippen molar-refractivity contribution in [1.29, 1.82) is 0 Å². The van der Waals surface area contributed by atoms with Crippen molar-refractivity contribution >= 4 is 32.4 Å². The van der Waals surface area contributed by atoms with Crippen molar-refractivity contribution in [3.8, 4) is 0 Å². The molecule has 0 heterocycles. The van der Waals surface area contributed by atoms with E-state index in [4.69, 9.17) is 11.6 Å². The van der Waals surface area contributed by atoms with Gasteiger partial charge in [0.25, 0.3) is 0 Å². The first-order valence-electron chi connectivity index (χ1n) is 5.68. The fraction of sp³-hybridized carbons (Fsp3) is 0.231. The summed E-state index contributed by atoms with van der Waals surface area (Å²) in [7, 11) is -3.47. The predicted molar refractivity (Wildman–Crippen MR) is 74.5 cm³/mol. The summed E-state index contributed by atoms with van der Waals surface area (Å²) in [6, 6.07) is 12.7. The van der Waals surface area contributed by atoms with Gasteiger partial charge in [-0.05, 0) is 17.9 Å². The third kappa shape index (κ3) is 2.83. The molecular weight excluding hydrogens is 270 g/mol. The number of rotatable bonds is 5. The third-order valence-electron chi connectivity index (χ3n) is 2.64. The van der Waals surface area contributed by atoms with Gasteiger partial charge in [0.1, 0.15) is 0 Å². The zero-order chi connectivity index (χ0) is 13.0. The van der Waals surface area contributed by atoms with Gasteiger partial charge in [-0.15, -0.1) is 11.6 Å². The van der Waals surface area contributed by atoms with Gasteiger partial charge in [0, 0.05) is 17.8 Å². The maximum absolute atomic E-state index is 12.2. The van der Waals surface area contributed by atoms with Crippen molar-refractivity contribution < 1.29 is 8.42 Å². The molecule has 0 amide bonds. The molecule has 0 unspecified atom stereocenters. The van der Waals surface area contributed by atoms with Gasteiger partial charge in [-0.1, -0.05) is 36.4 Å². The first-order valence-corrected chi connectivity index (χ1v) is 7.70. The van der Waals surface area contributed by atoms with Crippen LogP contribution < -0.4 is 4.72 Å². The maximum Gasteiger partial charge on any atom is 0.241 e. The Morgan fingerprint density at radius 1 is 1.06 bits per heavy atom. The quantitative estimate of drug-likeness (QED) is 0.677. The standard InChI is InChI=1S/C13H14ClNO2S/c14-9-4-10-15-18(16,17)13-8-3-6-11-5-1-2-7-12(11)13/h1-3,5-8,15H,4,9-10H2. The highest BCUT2D eigenvalue weighted by molar-refractivity contribution is 7.89. The van der Waals surface area contributed by atoms with Crippen LogP contribution in [0.4, 0.5) is 0 Å². The smallest absolute Gasteiger partial charge is 0.211 e. The molecule has 0 saturated carbocycles. The van der Waals surface area contributed by atoms with Crippen LogP contribution >= 0.6 is 11.6 Å². The topological polar surface area (TPSA) is 46.2 Å². The molecule has 0 bridgehead atoms. The van der Waals surface area contributed by atoms with Gasteiger partial charge < -0.3 is 0 Å². The van der Waals surface area contributed by atoms with Crippen LogP contribution in [0.25, 0.3) is 10.8 Å². The molecule has 0 spiro atoms. The predicted octanol–water partition coefficient (Wildman–Crippen LogP) is 2.75. The summed E-state index contributed by atoms with van der Waals surface area (Å²) in [5.41, 5.74) is 0. The van der Waals surface area contributed by atoms with E-state index in [2.05, 4.69) is 4.72 Å². The van der Waals surface area contributed by atoms with Crippen molar-refractivity contribution in [3.63, 3.8) is 0 Å². The van der Waals surface area contributed by atoms with Crippen LogP contribution in [0.2, 0.25) is 0 Å². The summed E-state index contributed by atoms with van der Waals surface area (Å²) in [5, 5.41) is 1.65. The normalized spacial score (nSPS) is 11.8. The van der Waals surface area contributed by atoms with Gasteiger partial charge in [0.15, 0.2) is 0 Å². The van der Waals surface area contributed by atoms with Crippen LogP contribution in [0.15, 0.2) is 47.4 Å². The highest BCUT2D eigenvalue weighted by Crippen LogP contribution is 2.22. The Balaban J connectivity index is 2.41. The number of nitrogens with one attached hydrogen (secondary N) is 1. The molecule has 0 fully saturated rings. The Morgan fingerprint density at radius 2 is 1.78 bits per heavy atom. The first kappa shape index (κ1) is 13.3. The number of halogens is 1. The molecule has 18 heavy (non-hydrogen) atoms. The second-order valence-corrected chi connectivity index (χ2v) is 6.03. The second-order valence-electron chi connectivity index (χ2n) is 3.92. The molecule has 0 saturated heterocycles. The molecule has 1 N–H and O–H groups in total. The second kappa shape index (κ2) is 5.69. The highest BCUT2D eigenvalue weighted by atomic mass is 35.5. The molecule has 0 aliphatic rings. The van der Waals surface area contributed by atoms with E-state index < -0.39 is 10.0 Å². The van der Waals surface area contributed by atoms with Gasteiger partial charge in [0.05, 0.1) is 4.90 Å². The van der Waals surface area contributed by atoms with Crippen LogP contribution in [0.3, 0.4) is 0 Å². The SMILES string of the molecule is O=S(=O)(NCCCCl)c1cccc2ccccc12. The van der Waals surface area contributed by atoms with Gasteiger partial charge in [-0.25, -0.2) is 13.1 Å². The minimum atomic E-state index is -3.47. The Morgan fingerprint density at radius 3 is 2.56 bits per heavy atom. The Labute approximate surface area is 112 Å². The minimum absolute atomic E-state index is 0.315. The van der Waals surface area contributed by atoms with E-state index in [1.165, 1.54) is 0 Å². The van der Waals surface area contributed by atoms with Crippen LogP contribution in [0, 0.1) is 0 Å². The molecule has 3 nitrogen and oxygen atoms in total. The molecule has 0 aromatic heterocycles. The zero-order valence-electron chi connectivity index (χ0n) is 9.77. The molecule has 0 atom stereocenters. The summed E-state index contributed by atoms with van der Waals surface area (Å²) in [5.74, 6) is 0.443. The summed E-state index contributed by atoms with van der Waals surface area (Å²) in [6.07, 6.45) is 0.617. The van der Waals surface area contributed by atoms with E-state index in [0.29, 0.717) is 23.7 Å². The fourth-order valence-corrected chi connectivity index (χ4v) is 3.22. The van der Waals surface area contributed by atoms with Crippen molar-refractivity contribution in [2.75, 3.05) is 12.4 Å². The summed E-state index contributed by atoms with van der Waals surface area (Å²) >= 11 is 5.54. The molecule has 96 valence electrons. The number of benzene rings is 2. The number of hydrogen-bond donors (Lipinski definition) is 1. The lowest BCUT2D eigenvalue weighted by Gasteiger charge is -2.08. The third-order valence-corrected chi connectivity index (χ3v) is 4.43. The first-order chi connectivity index (χ1) is 8.65. The van der Waals surface area contributed by atoms with Crippen molar-refractivity contribution in [3.05, 3.63) is 42.5 Å². The van der Waals surface area contributed by atoms with E-state index in [9.17, 15) is 8.42 Å². The number of alkyl halides is 1. The summed E-state index contributed by atoms with van der Waals surface area (Å²) in [6.45, 7) is 0.356. The summed E-state index contributed by atoms with van der Waals surface area (Å²) < 4.78 is 26.9. The summed E-state index contributed by atoms with van der Waals surface area (Å²) in [4.78, 5) is 0.315. The highest BCUT2D eigenvalue weighted by Gasteiger charge is 2.15. The molecule has 2 rings (SSSR count). The number of hydrogen-bond acceptors (Lipinski definition) is 2. The lowest BCUT2D eigenvalue weighted by Crippen LogP contribution is -2.25. The van der Waals surface area contributed by atoms with Crippen LogP contribution in [-0.4, -0.2) is 20.8 Å². The van der Waals surface area contributed by atoms with Crippen molar-refractivity contribution in [2.24, 2.45) is 0 Å². The minimum Gasteiger partial charge on any atom is -0.211 e.